The number of hydrogen-bond acceptors (Lipinski definition) is 3. The van der Waals surface area contributed by atoms with Crippen LogP contribution in [0.25, 0.3) is 21.8 Å². The van der Waals surface area contributed by atoms with E-state index in [1.807, 2.05) is 0 Å². The molecule has 2 N–H and O–H groups in total. The number of nitrogens with zero attached hydrogens (tertiary/aromatic N) is 2. The van der Waals surface area contributed by atoms with Crippen LogP contribution in [0.1, 0.15) is 5.56 Å². The topological polar surface area (TPSA) is 51.8 Å². The predicted octanol–water partition coefficient (Wildman–Crippen LogP) is 3.38. The maximum atomic E-state index is 13.1. The van der Waals surface area contributed by atoms with Crippen molar-refractivity contribution in [1.82, 2.24) is 9.97 Å². The standard InChI is InChI=1S/C13H8F3N3/c14-13(15,16)8-5-6-18-11-10(8)7-3-1-2-4-9(7)19-12(11)17/h1-6H,(H2,17,19). The molecule has 2 heterocycles. The third-order valence-electron chi connectivity index (χ3n) is 2.91. The second kappa shape index (κ2) is 3.81. The first-order valence-electron chi connectivity index (χ1n) is 5.48. The molecule has 0 spiro atoms. The van der Waals surface area contributed by atoms with Crippen LogP contribution in [-0.2, 0) is 6.18 Å². The fraction of sp³-hybridized carbons (Fsp3) is 0.0769. The number of halogens is 3. The summed E-state index contributed by atoms with van der Waals surface area (Å²) >= 11 is 0. The van der Waals surface area contributed by atoms with Crippen molar-refractivity contribution in [2.24, 2.45) is 0 Å². The number of benzene rings is 1. The van der Waals surface area contributed by atoms with Crippen LogP contribution in [0.2, 0.25) is 0 Å². The molecule has 19 heavy (non-hydrogen) atoms. The number of aromatic nitrogens is 2. The van der Waals surface area contributed by atoms with Crippen LogP contribution in [0.5, 0.6) is 0 Å². The molecule has 0 saturated carbocycles. The molecule has 6 heteroatoms. The van der Waals surface area contributed by atoms with Crippen LogP contribution in [0.15, 0.2) is 36.5 Å². The molecule has 0 aliphatic rings. The van der Waals surface area contributed by atoms with Gasteiger partial charge in [-0.2, -0.15) is 13.2 Å². The Morgan fingerprint density at radius 3 is 2.53 bits per heavy atom. The molecule has 0 radical (unpaired) electrons. The van der Waals surface area contributed by atoms with Gasteiger partial charge in [0, 0.05) is 17.0 Å². The quantitative estimate of drug-likeness (QED) is 0.632. The number of nitrogens with two attached hydrogens (primary N) is 1. The minimum atomic E-state index is -4.46. The first kappa shape index (κ1) is 11.7. The van der Waals surface area contributed by atoms with Crippen molar-refractivity contribution in [1.29, 1.82) is 0 Å². The lowest BCUT2D eigenvalue weighted by molar-refractivity contribution is -0.136. The molecule has 3 nitrogen and oxygen atoms in total. The Morgan fingerprint density at radius 1 is 1.05 bits per heavy atom. The van der Waals surface area contributed by atoms with Crippen molar-refractivity contribution >= 4 is 27.6 Å². The number of hydrogen-bond donors (Lipinski definition) is 1. The Kier molecular flexibility index (Phi) is 2.35. The zero-order chi connectivity index (χ0) is 13.6. The first-order chi connectivity index (χ1) is 8.98. The Morgan fingerprint density at radius 2 is 1.79 bits per heavy atom. The number of para-hydroxylation sites is 1. The van der Waals surface area contributed by atoms with Gasteiger partial charge in [-0.15, -0.1) is 0 Å². The molecule has 3 aromatic rings. The maximum Gasteiger partial charge on any atom is 0.417 e. The smallest absolute Gasteiger partial charge is 0.382 e. The van der Waals surface area contributed by atoms with Crippen molar-refractivity contribution in [2.75, 3.05) is 5.73 Å². The van der Waals surface area contributed by atoms with E-state index in [2.05, 4.69) is 9.97 Å². The van der Waals surface area contributed by atoms with Gasteiger partial charge in [0.1, 0.15) is 5.52 Å². The van der Waals surface area contributed by atoms with Gasteiger partial charge in [-0.3, -0.25) is 4.98 Å². The molecule has 96 valence electrons. The molecular weight excluding hydrogens is 255 g/mol. The molecule has 2 aromatic heterocycles. The molecule has 0 bridgehead atoms. The monoisotopic (exact) mass is 263 g/mol. The normalized spacial score (nSPS) is 12.2. The second-order valence-corrected chi connectivity index (χ2v) is 4.09. The number of rotatable bonds is 0. The van der Waals surface area contributed by atoms with Crippen LogP contribution >= 0.6 is 0 Å². The zero-order valence-corrected chi connectivity index (χ0v) is 9.57. The van der Waals surface area contributed by atoms with Crippen LogP contribution in [0, 0.1) is 0 Å². The van der Waals surface area contributed by atoms with E-state index in [1.165, 1.54) is 0 Å². The molecule has 0 aliphatic carbocycles. The number of fused-ring (bicyclic) bond motifs is 3. The molecular formula is C13H8F3N3. The lowest BCUT2D eigenvalue weighted by Crippen LogP contribution is -2.07. The third-order valence-corrected chi connectivity index (χ3v) is 2.91. The highest BCUT2D eigenvalue weighted by molar-refractivity contribution is 6.09. The van der Waals surface area contributed by atoms with E-state index in [0.29, 0.717) is 10.9 Å². The van der Waals surface area contributed by atoms with Gasteiger partial charge in [-0.05, 0) is 12.1 Å². The van der Waals surface area contributed by atoms with Crippen LogP contribution in [0.3, 0.4) is 0 Å². The highest BCUT2D eigenvalue weighted by atomic mass is 19.4. The van der Waals surface area contributed by atoms with Gasteiger partial charge in [0.25, 0.3) is 0 Å². The fourth-order valence-corrected chi connectivity index (χ4v) is 2.13. The van der Waals surface area contributed by atoms with Gasteiger partial charge in [-0.1, -0.05) is 18.2 Å². The van der Waals surface area contributed by atoms with E-state index < -0.39 is 11.7 Å². The van der Waals surface area contributed by atoms with Gasteiger partial charge in [0.2, 0.25) is 0 Å². The fourth-order valence-electron chi connectivity index (χ4n) is 2.13. The Hall–Kier alpha value is -2.37. The van der Waals surface area contributed by atoms with Crippen LogP contribution < -0.4 is 5.73 Å². The summed E-state index contributed by atoms with van der Waals surface area (Å²) in [6, 6.07) is 7.52. The van der Waals surface area contributed by atoms with Gasteiger partial charge < -0.3 is 5.73 Å². The lowest BCUT2D eigenvalue weighted by atomic mass is 10.0. The SMILES string of the molecule is Nc1nc2ccccc2c2c(C(F)(F)F)ccnc12. The first-order valence-corrected chi connectivity index (χ1v) is 5.48. The van der Waals surface area contributed by atoms with Crippen molar-refractivity contribution in [3.05, 3.63) is 42.1 Å². The van der Waals surface area contributed by atoms with Gasteiger partial charge in [-0.25, -0.2) is 4.98 Å². The summed E-state index contributed by atoms with van der Waals surface area (Å²) in [4.78, 5) is 7.99. The molecule has 0 amide bonds. The highest BCUT2D eigenvalue weighted by Gasteiger charge is 2.33. The van der Waals surface area contributed by atoms with Crippen molar-refractivity contribution < 1.29 is 13.2 Å². The molecule has 0 aliphatic heterocycles. The summed E-state index contributed by atoms with van der Waals surface area (Å²) in [5.41, 5.74) is 5.45. The van der Waals surface area contributed by atoms with E-state index in [0.717, 1.165) is 12.3 Å². The minimum Gasteiger partial charge on any atom is -0.382 e. The third kappa shape index (κ3) is 1.76. The zero-order valence-electron chi connectivity index (χ0n) is 9.57. The average Bonchev–Trinajstić information content (AvgIpc) is 2.37. The molecule has 0 unspecified atom stereocenters. The van der Waals surface area contributed by atoms with Gasteiger partial charge in [0.15, 0.2) is 5.82 Å². The van der Waals surface area contributed by atoms with E-state index in [9.17, 15) is 13.2 Å². The summed E-state index contributed by atoms with van der Waals surface area (Å²) in [6.45, 7) is 0. The Bertz CT molecular complexity index is 781. The maximum absolute atomic E-state index is 13.1. The molecule has 0 saturated heterocycles. The summed E-state index contributed by atoms with van der Waals surface area (Å²) in [5, 5.41) is 0.394. The highest BCUT2D eigenvalue weighted by Crippen LogP contribution is 2.38. The average molecular weight is 263 g/mol. The summed E-state index contributed by atoms with van der Waals surface area (Å²) < 4.78 is 39.3. The van der Waals surface area contributed by atoms with Crippen molar-refractivity contribution in [2.45, 2.75) is 6.18 Å². The predicted molar refractivity (Wildman–Crippen MR) is 66.5 cm³/mol. The number of anilines is 1. The molecule has 3 rings (SSSR count). The summed E-state index contributed by atoms with van der Waals surface area (Å²) in [7, 11) is 0. The van der Waals surface area contributed by atoms with E-state index in [-0.39, 0.29) is 16.7 Å². The van der Waals surface area contributed by atoms with E-state index in [1.54, 1.807) is 24.3 Å². The summed E-state index contributed by atoms with van der Waals surface area (Å²) in [6.07, 6.45) is -3.37. The van der Waals surface area contributed by atoms with E-state index in [4.69, 9.17) is 5.73 Å². The Labute approximate surface area is 105 Å². The van der Waals surface area contributed by atoms with Crippen molar-refractivity contribution in [3.63, 3.8) is 0 Å². The second-order valence-electron chi connectivity index (χ2n) is 4.09. The van der Waals surface area contributed by atoms with Crippen LogP contribution in [0.4, 0.5) is 19.0 Å². The molecule has 0 fully saturated rings. The van der Waals surface area contributed by atoms with E-state index >= 15 is 0 Å². The number of pyridine rings is 2. The van der Waals surface area contributed by atoms with Gasteiger partial charge in [0.05, 0.1) is 11.1 Å². The number of nitrogen functional groups attached to an aromatic ring is 1. The van der Waals surface area contributed by atoms with Crippen molar-refractivity contribution in [3.8, 4) is 0 Å². The Balaban J connectivity index is 2.60. The van der Waals surface area contributed by atoms with Gasteiger partial charge >= 0.3 is 6.18 Å². The largest absolute Gasteiger partial charge is 0.417 e. The summed E-state index contributed by atoms with van der Waals surface area (Å²) in [5.74, 6) is -0.000185. The minimum absolute atomic E-state index is 0.000185. The van der Waals surface area contributed by atoms with Crippen LogP contribution in [-0.4, -0.2) is 9.97 Å². The molecule has 1 aromatic carbocycles. The number of alkyl halides is 3. The molecule has 0 atom stereocenters. The lowest BCUT2D eigenvalue weighted by Gasteiger charge is -2.12.